The smallest absolute Gasteiger partial charge is 0.345 e. The minimum Gasteiger partial charge on any atom is -0.510 e. The molecular weight excluding hydrogens is 362 g/mol. The fraction of sp³-hybridized carbons (Fsp3) is 0.133. The maximum Gasteiger partial charge on any atom is 0.345 e. The molecule has 0 aliphatic rings. The van der Waals surface area contributed by atoms with Crippen molar-refractivity contribution in [1.82, 2.24) is 25.1 Å². The molecule has 0 radical (unpaired) electrons. The molecule has 11 heteroatoms. The van der Waals surface area contributed by atoms with Gasteiger partial charge in [0.05, 0.1) is 23.9 Å². The fourth-order valence-corrected chi connectivity index (χ4v) is 2.88. The fourth-order valence-electron chi connectivity index (χ4n) is 2.17. The Balaban J connectivity index is 1.96. The standard InChI is InChI=1S/C15H13N5O5S/c1-25-14(23)10(11-16-7-4-2-3-5-8(7)17-11)9(21)6-26-13-12(22)18-15(24)20-19-13/h2-5,21H,6H2,1H3,(H,16,17)(H2,18,20,22,24)/b10-9-. The maximum atomic E-state index is 12.1. The molecule has 4 N–H and O–H groups in total. The number of aliphatic hydroxyl groups is 1. The lowest BCUT2D eigenvalue weighted by atomic mass is 10.2. The minimum atomic E-state index is -0.787. The number of thioether (sulfide) groups is 1. The Kier molecular flexibility index (Phi) is 4.89. The summed E-state index contributed by atoms with van der Waals surface area (Å²) in [6, 6.07) is 7.12. The number of methoxy groups -OCH3 is 1. The Labute approximate surface area is 149 Å². The number of nitrogens with zero attached hydrogens (tertiary/aromatic N) is 2. The number of esters is 1. The topological polar surface area (TPSA) is 154 Å². The van der Waals surface area contributed by atoms with Crippen molar-refractivity contribution >= 4 is 34.3 Å². The Morgan fingerprint density at radius 2 is 2.04 bits per heavy atom. The number of benzene rings is 1. The van der Waals surface area contributed by atoms with Gasteiger partial charge in [-0.05, 0) is 12.1 Å². The number of hydrogen-bond donors (Lipinski definition) is 4. The first-order valence-electron chi connectivity index (χ1n) is 7.27. The first kappa shape index (κ1) is 17.5. The van der Waals surface area contributed by atoms with E-state index in [0.717, 1.165) is 11.8 Å². The van der Waals surface area contributed by atoms with Crippen LogP contribution in [0.2, 0.25) is 0 Å². The van der Waals surface area contributed by atoms with Crippen LogP contribution in [0.4, 0.5) is 0 Å². The lowest BCUT2D eigenvalue weighted by Gasteiger charge is -2.06. The number of hydrogen-bond acceptors (Lipinski definition) is 8. The second-order valence-corrected chi connectivity index (χ2v) is 5.98. The van der Waals surface area contributed by atoms with Crippen molar-refractivity contribution in [2.45, 2.75) is 5.03 Å². The molecule has 2 heterocycles. The third-order valence-electron chi connectivity index (χ3n) is 3.33. The molecule has 0 spiro atoms. The van der Waals surface area contributed by atoms with E-state index in [1.807, 2.05) is 4.98 Å². The summed E-state index contributed by atoms with van der Waals surface area (Å²) in [6.45, 7) is 0. The Bertz CT molecular complexity index is 1080. The number of ether oxygens (including phenoxy) is 1. The molecule has 0 fully saturated rings. The lowest BCUT2D eigenvalue weighted by Crippen LogP contribution is -2.25. The number of imidazole rings is 1. The van der Waals surface area contributed by atoms with Crippen molar-refractivity contribution in [2.75, 3.05) is 12.9 Å². The van der Waals surface area contributed by atoms with Gasteiger partial charge in [-0.15, -0.1) is 0 Å². The second kappa shape index (κ2) is 7.27. The number of rotatable bonds is 5. The Hall–Kier alpha value is -3.34. The zero-order valence-electron chi connectivity index (χ0n) is 13.4. The van der Waals surface area contributed by atoms with Gasteiger partial charge in [-0.3, -0.25) is 9.78 Å². The molecule has 0 saturated carbocycles. The molecule has 3 rings (SSSR count). The second-order valence-electron chi connectivity index (χ2n) is 5.02. The molecule has 0 aliphatic heterocycles. The van der Waals surface area contributed by atoms with E-state index in [-0.39, 0.29) is 27.9 Å². The first-order valence-corrected chi connectivity index (χ1v) is 8.25. The zero-order chi connectivity index (χ0) is 18.7. The molecule has 134 valence electrons. The van der Waals surface area contributed by atoms with Crippen molar-refractivity contribution < 1.29 is 14.6 Å². The summed E-state index contributed by atoms with van der Waals surface area (Å²) < 4.78 is 4.72. The quantitative estimate of drug-likeness (QED) is 0.218. The van der Waals surface area contributed by atoms with Crippen molar-refractivity contribution in [1.29, 1.82) is 0 Å². The van der Waals surface area contributed by atoms with Crippen LogP contribution >= 0.6 is 11.8 Å². The molecule has 0 aliphatic carbocycles. The van der Waals surface area contributed by atoms with Crippen molar-refractivity contribution in [3.63, 3.8) is 0 Å². The molecule has 10 nitrogen and oxygen atoms in total. The molecule has 0 atom stereocenters. The van der Waals surface area contributed by atoms with Crippen molar-refractivity contribution in [3.8, 4) is 0 Å². The highest BCUT2D eigenvalue weighted by atomic mass is 32.2. The number of fused-ring (bicyclic) bond motifs is 1. The summed E-state index contributed by atoms with van der Waals surface area (Å²) in [7, 11) is 1.18. The van der Waals surface area contributed by atoms with Crippen LogP contribution in [0.15, 0.2) is 44.6 Å². The molecular formula is C15H13N5O5S. The maximum absolute atomic E-state index is 12.1. The highest BCUT2D eigenvalue weighted by Gasteiger charge is 2.22. The Morgan fingerprint density at radius 3 is 2.73 bits per heavy atom. The Morgan fingerprint density at radius 1 is 1.27 bits per heavy atom. The molecule has 26 heavy (non-hydrogen) atoms. The van der Waals surface area contributed by atoms with Crippen LogP contribution in [0.3, 0.4) is 0 Å². The molecule has 3 aromatic rings. The van der Waals surface area contributed by atoms with E-state index in [2.05, 4.69) is 20.2 Å². The molecule has 0 unspecified atom stereocenters. The summed E-state index contributed by atoms with van der Waals surface area (Å²) in [6.07, 6.45) is 0. The van der Waals surface area contributed by atoms with Crippen molar-refractivity contribution in [2.24, 2.45) is 0 Å². The monoisotopic (exact) mass is 375 g/mol. The number of para-hydroxylation sites is 2. The average Bonchev–Trinajstić information content (AvgIpc) is 3.04. The van der Waals surface area contributed by atoms with E-state index < -0.39 is 17.2 Å². The SMILES string of the molecule is COC(=O)/C(=C(\O)CSc1n[nH]c(=O)[nH]c1=O)c1nc2ccccc2[nH]1. The van der Waals surface area contributed by atoms with Gasteiger partial charge in [0.25, 0.3) is 5.56 Å². The van der Waals surface area contributed by atoms with Crippen LogP contribution in [0.1, 0.15) is 5.82 Å². The van der Waals surface area contributed by atoms with E-state index in [1.54, 1.807) is 24.3 Å². The van der Waals surface area contributed by atoms with Gasteiger partial charge in [-0.25, -0.2) is 19.7 Å². The van der Waals surface area contributed by atoms with Crippen LogP contribution < -0.4 is 11.2 Å². The van der Waals surface area contributed by atoms with E-state index in [9.17, 15) is 19.5 Å². The van der Waals surface area contributed by atoms with E-state index in [4.69, 9.17) is 4.74 Å². The van der Waals surface area contributed by atoms with Crippen LogP contribution in [-0.4, -0.2) is 49.1 Å². The molecule has 0 bridgehead atoms. The number of carbonyl (C=O) groups is 1. The first-order chi connectivity index (χ1) is 12.5. The molecule has 0 saturated heterocycles. The van der Waals surface area contributed by atoms with Crippen LogP contribution in [0.25, 0.3) is 16.6 Å². The highest BCUT2D eigenvalue weighted by Crippen LogP contribution is 2.23. The number of carbonyl (C=O) groups excluding carboxylic acids is 1. The van der Waals surface area contributed by atoms with Gasteiger partial charge < -0.3 is 14.8 Å². The number of aromatic nitrogens is 5. The number of aliphatic hydroxyl groups excluding tert-OH is 1. The van der Waals surface area contributed by atoms with Gasteiger partial charge in [0.15, 0.2) is 5.03 Å². The predicted octanol–water partition coefficient (Wildman–Crippen LogP) is 0.569. The lowest BCUT2D eigenvalue weighted by molar-refractivity contribution is -0.133. The van der Waals surface area contributed by atoms with Gasteiger partial charge in [-0.2, -0.15) is 5.10 Å². The summed E-state index contributed by atoms with van der Waals surface area (Å²) in [5, 5.41) is 16.0. The van der Waals surface area contributed by atoms with Crippen LogP contribution in [0.5, 0.6) is 0 Å². The molecule has 2 aromatic heterocycles. The summed E-state index contributed by atoms with van der Waals surface area (Å²) in [5.74, 6) is -1.16. The molecule has 0 amide bonds. The van der Waals surface area contributed by atoms with Gasteiger partial charge >= 0.3 is 11.7 Å². The van der Waals surface area contributed by atoms with Gasteiger partial charge in [0.2, 0.25) is 0 Å². The van der Waals surface area contributed by atoms with Crippen LogP contribution in [0, 0.1) is 0 Å². The number of aromatic amines is 3. The number of H-pyrrole nitrogens is 3. The van der Waals surface area contributed by atoms with E-state index >= 15 is 0 Å². The zero-order valence-corrected chi connectivity index (χ0v) is 14.2. The minimum absolute atomic E-state index is 0.0648. The van der Waals surface area contributed by atoms with E-state index in [1.165, 1.54) is 7.11 Å². The van der Waals surface area contributed by atoms with Crippen LogP contribution in [-0.2, 0) is 9.53 Å². The third-order valence-corrected chi connectivity index (χ3v) is 4.30. The van der Waals surface area contributed by atoms with E-state index in [0.29, 0.717) is 11.0 Å². The molecule has 1 aromatic carbocycles. The largest absolute Gasteiger partial charge is 0.510 e. The number of nitrogens with one attached hydrogen (secondary N) is 3. The van der Waals surface area contributed by atoms with Crippen molar-refractivity contribution in [3.05, 3.63) is 56.7 Å². The summed E-state index contributed by atoms with van der Waals surface area (Å²) in [4.78, 5) is 43.9. The van der Waals surface area contributed by atoms with Gasteiger partial charge in [-0.1, -0.05) is 23.9 Å². The van der Waals surface area contributed by atoms with Gasteiger partial charge in [0.1, 0.15) is 17.2 Å². The summed E-state index contributed by atoms with van der Waals surface area (Å²) >= 11 is 0.839. The predicted molar refractivity (Wildman–Crippen MR) is 93.9 cm³/mol. The third kappa shape index (κ3) is 3.52. The summed E-state index contributed by atoms with van der Waals surface area (Å²) in [5.41, 5.74) is -0.296. The van der Waals surface area contributed by atoms with Gasteiger partial charge in [0, 0.05) is 0 Å². The average molecular weight is 375 g/mol. The highest BCUT2D eigenvalue weighted by molar-refractivity contribution is 7.99. The normalized spacial score (nSPS) is 12.0.